The molecule has 0 saturated heterocycles. The zero-order valence-electron chi connectivity index (χ0n) is 16.7. The summed E-state index contributed by atoms with van der Waals surface area (Å²) in [5.74, 6) is 1.85. The lowest BCUT2D eigenvalue weighted by molar-refractivity contribution is 0.310. The Kier molecular flexibility index (Phi) is 6.42. The van der Waals surface area contributed by atoms with Crippen molar-refractivity contribution in [2.24, 2.45) is 0 Å². The molecule has 1 aromatic heterocycles. The van der Waals surface area contributed by atoms with Crippen molar-refractivity contribution in [1.29, 1.82) is 0 Å². The topological polar surface area (TPSA) is 34.1 Å². The molecule has 0 saturated carbocycles. The number of hydrogen-bond donors (Lipinski definition) is 1. The van der Waals surface area contributed by atoms with Gasteiger partial charge in [-0.2, -0.15) is 4.37 Å². The van der Waals surface area contributed by atoms with E-state index in [1.807, 2.05) is 6.07 Å². The molecule has 0 aliphatic carbocycles. The first-order valence-corrected chi connectivity index (χ1v) is 11.0. The molecule has 4 aromatic rings. The second kappa shape index (κ2) is 9.57. The lowest BCUT2D eigenvalue weighted by atomic mass is 10.0. The summed E-state index contributed by atoms with van der Waals surface area (Å²) in [6.45, 7) is 3.69. The second-order valence-electron chi connectivity index (χ2n) is 7.22. The van der Waals surface area contributed by atoms with Crippen LogP contribution in [0.25, 0.3) is 10.1 Å². The Morgan fingerprint density at radius 3 is 2.45 bits per heavy atom. The minimum Gasteiger partial charge on any atom is -0.494 e. The van der Waals surface area contributed by atoms with Crippen LogP contribution in [-0.2, 0) is 13.0 Å². The van der Waals surface area contributed by atoms with Crippen molar-refractivity contribution in [2.75, 3.05) is 11.9 Å². The Hall–Kier alpha value is -2.85. The predicted molar refractivity (Wildman–Crippen MR) is 123 cm³/mol. The molecule has 3 nitrogen and oxygen atoms in total. The number of nitrogens with zero attached hydrogens (tertiary/aromatic N) is 1. The predicted octanol–water partition coefficient (Wildman–Crippen LogP) is 6.68. The third-order valence-electron chi connectivity index (χ3n) is 4.94. The molecule has 0 atom stereocenters. The van der Waals surface area contributed by atoms with Crippen LogP contribution in [0.2, 0.25) is 0 Å². The van der Waals surface area contributed by atoms with Crippen LogP contribution in [0.3, 0.4) is 0 Å². The standard InChI is InChI=1S/C25H26N2OS/c1-2-3-15-28-22-13-14-24-23(17-22)25(27-29-24)26-18-21-11-9-20(10-12-21)16-19-7-5-4-6-8-19/h4-14,17H,2-3,15-16,18H2,1H3,(H,26,27). The van der Waals surface area contributed by atoms with Gasteiger partial charge in [0.25, 0.3) is 0 Å². The van der Waals surface area contributed by atoms with Gasteiger partial charge < -0.3 is 10.1 Å². The van der Waals surface area contributed by atoms with Gasteiger partial charge in [-0.1, -0.05) is 67.9 Å². The molecule has 1 N–H and O–H groups in total. The molecule has 4 rings (SSSR count). The van der Waals surface area contributed by atoms with Crippen LogP contribution in [0.1, 0.15) is 36.5 Å². The van der Waals surface area contributed by atoms with E-state index >= 15 is 0 Å². The Balaban J connectivity index is 1.39. The highest BCUT2D eigenvalue weighted by atomic mass is 32.1. The fourth-order valence-corrected chi connectivity index (χ4v) is 4.00. The van der Waals surface area contributed by atoms with E-state index in [-0.39, 0.29) is 0 Å². The number of nitrogens with one attached hydrogen (secondary N) is 1. The summed E-state index contributed by atoms with van der Waals surface area (Å²) in [6.07, 6.45) is 3.18. The van der Waals surface area contributed by atoms with Crippen molar-refractivity contribution in [3.63, 3.8) is 0 Å². The third-order valence-corrected chi connectivity index (χ3v) is 5.77. The molecule has 0 amide bonds. The molecule has 148 valence electrons. The van der Waals surface area contributed by atoms with Gasteiger partial charge in [-0.3, -0.25) is 0 Å². The number of unbranched alkanes of at least 4 members (excludes halogenated alkanes) is 1. The molecule has 0 unspecified atom stereocenters. The van der Waals surface area contributed by atoms with Gasteiger partial charge in [0.15, 0.2) is 0 Å². The minimum atomic E-state index is 0.755. The van der Waals surface area contributed by atoms with Crippen molar-refractivity contribution in [3.8, 4) is 5.75 Å². The molecule has 29 heavy (non-hydrogen) atoms. The van der Waals surface area contributed by atoms with Crippen molar-refractivity contribution < 1.29 is 4.74 Å². The van der Waals surface area contributed by atoms with Crippen LogP contribution in [-0.4, -0.2) is 11.0 Å². The molecule has 0 radical (unpaired) electrons. The SMILES string of the molecule is CCCCOc1ccc2snc(NCc3ccc(Cc4ccccc4)cc3)c2c1. The van der Waals surface area contributed by atoms with Gasteiger partial charge in [-0.25, -0.2) is 0 Å². The molecule has 0 aliphatic heterocycles. The van der Waals surface area contributed by atoms with E-state index in [2.05, 4.69) is 83.3 Å². The molecule has 4 heteroatoms. The van der Waals surface area contributed by atoms with Gasteiger partial charge in [0.05, 0.1) is 11.3 Å². The first-order valence-electron chi connectivity index (χ1n) is 10.2. The number of ether oxygens (including phenoxy) is 1. The maximum absolute atomic E-state index is 5.85. The highest BCUT2D eigenvalue weighted by Crippen LogP contribution is 2.30. The Morgan fingerprint density at radius 2 is 1.66 bits per heavy atom. The van der Waals surface area contributed by atoms with Gasteiger partial charge in [0.2, 0.25) is 0 Å². The maximum Gasteiger partial charge on any atom is 0.147 e. The summed E-state index contributed by atoms with van der Waals surface area (Å²) in [4.78, 5) is 0. The van der Waals surface area contributed by atoms with Gasteiger partial charge in [-0.15, -0.1) is 0 Å². The van der Waals surface area contributed by atoms with Crippen LogP contribution in [0.15, 0.2) is 72.8 Å². The molecular weight excluding hydrogens is 376 g/mol. The highest BCUT2D eigenvalue weighted by molar-refractivity contribution is 7.13. The van der Waals surface area contributed by atoms with Crippen molar-refractivity contribution >= 4 is 27.4 Å². The summed E-state index contributed by atoms with van der Waals surface area (Å²) < 4.78 is 11.6. The van der Waals surface area contributed by atoms with E-state index in [0.717, 1.165) is 49.4 Å². The Bertz CT molecular complexity index is 1040. The highest BCUT2D eigenvalue weighted by Gasteiger charge is 2.08. The average Bonchev–Trinajstić information content (AvgIpc) is 3.16. The van der Waals surface area contributed by atoms with E-state index in [1.165, 1.54) is 32.9 Å². The lowest BCUT2D eigenvalue weighted by Crippen LogP contribution is -2.00. The van der Waals surface area contributed by atoms with Gasteiger partial charge in [-0.05, 0) is 59.3 Å². The number of rotatable bonds is 9. The van der Waals surface area contributed by atoms with Crippen LogP contribution in [0.5, 0.6) is 5.75 Å². The zero-order valence-corrected chi connectivity index (χ0v) is 17.5. The van der Waals surface area contributed by atoms with Crippen LogP contribution in [0.4, 0.5) is 5.82 Å². The monoisotopic (exact) mass is 402 g/mol. The number of anilines is 1. The number of aromatic nitrogens is 1. The maximum atomic E-state index is 5.85. The van der Waals surface area contributed by atoms with E-state index < -0.39 is 0 Å². The number of benzene rings is 3. The first kappa shape index (κ1) is 19.5. The Morgan fingerprint density at radius 1 is 0.897 bits per heavy atom. The normalized spacial score (nSPS) is 10.9. The van der Waals surface area contributed by atoms with Crippen molar-refractivity contribution in [2.45, 2.75) is 32.7 Å². The molecule has 3 aromatic carbocycles. The van der Waals surface area contributed by atoms with E-state index in [4.69, 9.17) is 4.74 Å². The summed E-state index contributed by atoms with van der Waals surface area (Å²) in [7, 11) is 0. The molecular formula is C25H26N2OS. The largest absolute Gasteiger partial charge is 0.494 e. The second-order valence-corrected chi connectivity index (χ2v) is 8.03. The zero-order chi connectivity index (χ0) is 19.9. The van der Waals surface area contributed by atoms with Gasteiger partial charge in [0, 0.05) is 11.9 Å². The van der Waals surface area contributed by atoms with Gasteiger partial charge >= 0.3 is 0 Å². The van der Waals surface area contributed by atoms with E-state index in [0.29, 0.717) is 0 Å². The quantitative estimate of drug-likeness (QED) is 0.317. The fraction of sp³-hybridized carbons (Fsp3) is 0.240. The summed E-state index contributed by atoms with van der Waals surface area (Å²) >= 11 is 1.52. The van der Waals surface area contributed by atoms with Crippen molar-refractivity contribution in [3.05, 3.63) is 89.5 Å². The average molecular weight is 403 g/mol. The Labute approximate surface area is 176 Å². The fourth-order valence-electron chi connectivity index (χ4n) is 3.26. The van der Waals surface area contributed by atoms with Crippen LogP contribution in [0, 0.1) is 0 Å². The molecule has 0 bridgehead atoms. The first-order chi connectivity index (χ1) is 14.3. The smallest absolute Gasteiger partial charge is 0.147 e. The molecule has 0 aliphatic rings. The van der Waals surface area contributed by atoms with Crippen LogP contribution >= 0.6 is 11.5 Å². The summed E-state index contributed by atoms with van der Waals surface area (Å²) in [5, 5.41) is 4.62. The summed E-state index contributed by atoms with van der Waals surface area (Å²) in [6, 6.07) is 25.6. The van der Waals surface area contributed by atoms with Crippen molar-refractivity contribution in [1.82, 2.24) is 4.37 Å². The minimum absolute atomic E-state index is 0.755. The van der Waals surface area contributed by atoms with E-state index in [9.17, 15) is 0 Å². The number of fused-ring (bicyclic) bond motifs is 1. The molecule has 1 heterocycles. The molecule has 0 spiro atoms. The van der Waals surface area contributed by atoms with E-state index in [1.54, 1.807) is 0 Å². The van der Waals surface area contributed by atoms with Gasteiger partial charge in [0.1, 0.15) is 11.6 Å². The number of hydrogen-bond acceptors (Lipinski definition) is 4. The van der Waals surface area contributed by atoms with Crippen LogP contribution < -0.4 is 10.1 Å². The lowest BCUT2D eigenvalue weighted by Gasteiger charge is -2.08. The molecule has 0 fully saturated rings. The third kappa shape index (κ3) is 5.15. The summed E-state index contributed by atoms with van der Waals surface area (Å²) in [5.41, 5.74) is 3.91.